The first-order valence-electron chi connectivity index (χ1n) is 7.73. The van der Waals surface area contributed by atoms with Crippen molar-refractivity contribution in [1.82, 2.24) is 4.90 Å². The predicted octanol–water partition coefficient (Wildman–Crippen LogP) is 2.39. The summed E-state index contributed by atoms with van der Waals surface area (Å²) >= 11 is 6.24. The molecule has 0 radical (unpaired) electrons. The van der Waals surface area contributed by atoms with Crippen molar-refractivity contribution >= 4 is 46.3 Å². The molecule has 26 heavy (non-hydrogen) atoms. The number of carbonyl (C=O) groups excluding carboxylic acids is 2. The van der Waals surface area contributed by atoms with Gasteiger partial charge in [0.05, 0.1) is 16.9 Å². The third kappa shape index (κ3) is 4.00. The number of rotatable bonds is 5. The van der Waals surface area contributed by atoms with Crippen LogP contribution < -0.4 is 5.11 Å². The van der Waals surface area contributed by atoms with Gasteiger partial charge in [-0.05, 0) is 35.8 Å². The lowest BCUT2D eigenvalue weighted by Crippen LogP contribution is -2.51. The van der Waals surface area contributed by atoms with Gasteiger partial charge in [0.2, 0.25) is 0 Å². The third-order valence-electron chi connectivity index (χ3n) is 3.85. The molecular formula is C19H13FNO3S2-. The molecule has 0 aliphatic carbocycles. The van der Waals surface area contributed by atoms with Crippen LogP contribution in [-0.2, 0) is 16.0 Å². The van der Waals surface area contributed by atoms with Crippen LogP contribution in [0, 0.1) is 5.82 Å². The summed E-state index contributed by atoms with van der Waals surface area (Å²) in [5, 5.41) is 11.6. The summed E-state index contributed by atoms with van der Waals surface area (Å²) in [4.78, 5) is 25.7. The topological polar surface area (TPSA) is 60.4 Å². The van der Waals surface area contributed by atoms with Crippen molar-refractivity contribution < 1.29 is 19.1 Å². The van der Waals surface area contributed by atoms with Gasteiger partial charge in [0.1, 0.15) is 10.1 Å². The molecule has 4 nitrogen and oxygen atoms in total. The minimum Gasteiger partial charge on any atom is -0.548 e. The van der Waals surface area contributed by atoms with E-state index in [9.17, 15) is 19.1 Å². The average Bonchev–Trinajstić information content (AvgIpc) is 2.89. The summed E-state index contributed by atoms with van der Waals surface area (Å²) in [6.45, 7) is 0. The van der Waals surface area contributed by atoms with Crippen LogP contribution in [0.3, 0.4) is 0 Å². The van der Waals surface area contributed by atoms with Gasteiger partial charge >= 0.3 is 0 Å². The van der Waals surface area contributed by atoms with Gasteiger partial charge in [0, 0.05) is 0 Å². The molecular weight excluding hydrogens is 373 g/mol. The highest BCUT2D eigenvalue weighted by molar-refractivity contribution is 8.26. The van der Waals surface area contributed by atoms with Gasteiger partial charge in [-0.25, -0.2) is 4.39 Å². The molecule has 3 rings (SSSR count). The van der Waals surface area contributed by atoms with Crippen molar-refractivity contribution in [2.45, 2.75) is 12.5 Å². The molecule has 0 saturated carbocycles. The zero-order chi connectivity index (χ0) is 18.7. The number of carbonyl (C=O) groups is 2. The van der Waals surface area contributed by atoms with Gasteiger partial charge in [-0.15, -0.1) is 0 Å². The molecule has 1 aliphatic rings. The van der Waals surface area contributed by atoms with Crippen LogP contribution in [0.25, 0.3) is 6.08 Å². The van der Waals surface area contributed by atoms with Crippen LogP contribution in [0.15, 0.2) is 59.5 Å². The number of thioether (sulfide) groups is 1. The van der Waals surface area contributed by atoms with Crippen LogP contribution in [0.4, 0.5) is 4.39 Å². The molecule has 2 aromatic rings. The molecule has 1 saturated heterocycles. The maximum absolute atomic E-state index is 13.0. The molecule has 1 amide bonds. The van der Waals surface area contributed by atoms with Crippen LogP contribution >= 0.6 is 24.0 Å². The standard InChI is InChI=1S/C19H14FNO3S2/c20-14-8-6-13(7-9-14)11-16-17(22)21(19(25)26-16)15(18(23)24)10-12-4-2-1-3-5-12/h1-9,11,15H,10H2,(H,23,24)/p-1/b16-11+/t15-/m1/s1. The van der Waals surface area contributed by atoms with Crippen molar-refractivity contribution in [2.75, 3.05) is 0 Å². The Bertz CT molecular complexity index is 881. The summed E-state index contributed by atoms with van der Waals surface area (Å²) in [5.41, 5.74) is 1.39. The number of halogens is 1. The number of carboxylic acids is 1. The van der Waals surface area contributed by atoms with Crippen LogP contribution in [0.1, 0.15) is 11.1 Å². The van der Waals surface area contributed by atoms with Gasteiger partial charge in [-0.3, -0.25) is 9.69 Å². The Hall–Kier alpha value is -2.51. The SMILES string of the molecule is O=C([O-])[C@@H](Cc1ccccc1)N1C(=O)/C(=C\c2ccc(F)cc2)SC1=S. The van der Waals surface area contributed by atoms with Crippen molar-refractivity contribution in [1.29, 1.82) is 0 Å². The Labute approximate surface area is 159 Å². The number of hydrogen-bond acceptors (Lipinski definition) is 5. The summed E-state index contributed by atoms with van der Waals surface area (Å²) < 4.78 is 13.2. The number of carboxylic acid groups (broad SMARTS) is 1. The first-order chi connectivity index (χ1) is 12.5. The van der Waals surface area contributed by atoms with E-state index in [1.807, 2.05) is 6.07 Å². The van der Waals surface area contributed by atoms with Crippen molar-refractivity contribution in [3.63, 3.8) is 0 Å². The molecule has 7 heteroatoms. The lowest BCUT2D eigenvalue weighted by molar-refractivity contribution is -0.310. The van der Waals surface area contributed by atoms with Gasteiger partial charge in [-0.2, -0.15) is 0 Å². The van der Waals surface area contributed by atoms with E-state index in [-0.39, 0.29) is 16.6 Å². The van der Waals surface area contributed by atoms with E-state index in [0.717, 1.165) is 22.2 Å². The molecule has 132 valence electrons. The molecule has 0 bridgehead atoms. The summed E-state index contributed by atoms with van der Waals surface area (Å²) in [7, 11) is 0. The van der Waals surface area contributed by atoms with Crippen molar-refractivity contribution in [3.8, 4) is 0 Å². The first-order valence-corrected chi connectivity index (χ1v) is 8.95. The molecule has 1 fully saturated rings. The fraction of sp³-hybridized carbons (Fsp3) is 0.105. The second kappa shape index (κ2) is 7.80. The highest BCUT2D eigenvalue weighted by Gasteiger charge is 2.37. The van der Waals surface area contributed by atoms with E-state index >= 15 is 0 Å². The maximum Gasteiger partial charge on any atom is 0.266 e. The second-order valence-corrected chi connectivity index (χ2v) is 7.30. The Balaban J connectivity index is 1.86. The van der Waals surface area contributed by atoms with Gasteiger partial charge in [-0.1, -0.05) is 66.4 Å². The van der Waals surface area contributed by atoms with E-state index in [2.05, 4.69) is 0 Å². The van der Waals surface area contributed by atoms with Gasteiger partial charge < -0.3 is 9.90 Å². The van der Waals surface area contributed by atoms with E-state index in [1.54, 1.807) is 30.3 Å². The Morgan fingerprint density at radius 1 is 1.19 bits per heavy atom. The van der Waals surface area contributed by atoms with Crippen LogP contribution in [-0.4, -0.2) is 27.1 Å². The molecule has 1 atom stereocenters. The van der Waals surface area contributed by atoms with Crippen LogP contribution in [0.5, 0.6) is 0 Å². The zero-order valence-corrected chi connectivity index (χ0v) is 15.1. The van der Waals surface area contributed by atoms with E-state index in [4.69, 9.17) is 12.2 Å². The number of benzene rings is 2. The Morgan fingerprint density at radius 3 is 2.46 bits per heavy atom. The molecule has 0 unspecified atom stereocenters. The Kier molecular flexibility index (Phi) is 5.49. The van der Waals surface area contributed by atoms with Gasteiger partial charge in [0.15, 0.2) is 0 Å². The average molecular weight is 386 g/mol. The van der Waals surface area contributed by atoms with E-state index in [0.29, 0.717) is 10.5 Å². The fourth-order valence-corrected chi connectivity index (χ4v) is 3.93. The van der Waals surface area contributed by atoms with Gasteiger partial charge in [0.25, 0.3) is 5.91 Å². The lowest BCUT2D eigenvalue weighted by atomic mass is 10.0. The maximum atomic E-state index is 13.0. The highest BCUT2D eigenvalue weighted by Crippen LogP contribution is 2.34. The quantitative estimate of drug-likeness (QED) is 0.583. The smallest absolute Gasteiger partial charge is 0.266 e. The predicted molar refractivity (Wildman–Crippen MR) is 100 cm³/mol. The lowest BCUT2D eigenvalue weighted by Gasteiger charge is -2.27. The minimum absolute atomic E-state index is 0.0967. The molecule has 2 aromatic carbocycles. The molecule has 0 aromatic heterocycles. The first kappa shape index (κ1) is 18.3. The molecule has 1 heterocycles. The number of amides is 1. The third-order valence-corrected chi connectivity index (χ3v) is 5.18. The van der Waals surface area contributed by atoms with Crippen molar-refractivity contribution in [3.05, 3.63) is 76.4 Å². The number of aliphatic carboxylic acids is 1. The van der Waals surface area contributed by atoms with E-state index < -0.39 is 17.9 Å². The highest BCUT2D eigenvalue weighted by atomic mass is 32.2. The Morgan fingerprint density at radius 2 is 1.85 bits per heavy atom. The second-order valence-electron chi connectivity index (χ2n) is 5.63. The number of thiocarbonyl (C=S) groups is 1. The molecule has 0 spiro atoms. The monoisotopic (exact) mass is 386 g/mol. The van der Waals surface area contributed by atoms with Crippen LogP contribution in [0.2, 0.25) is 0 Å². The van der Waals surface area contributed by atoms with Crippen molar-refractivity contribution in [2.24, 2.45) is 0 Å². The number of hydrogen-bond donors (Lipinski definition) is 0. The molecule has 0 N–H and O–H groups in total. The molecule has 1 aliphatic heterocycles. The largest absolute Gasteiger partial charge is 0.548 e. The summed E-state index contributed by atoms with van der Waals surface area (Å²) in [6, 6.07) is 13.4. The summed E-state index contributed by atoms with van der Waals surface area (Å²) in [5.74, 6) is -2.24. The zero-order valence-electron chi connectivity index (χ0n) is 13.4. The van der Waals surface area contributed by atoms with E-state index in [1.165, 1.54) is 24.3 Å². The minimum atomic E-state index is -1.37. The summed E-state index contributed by atoms with van der Waals surface area (Å²) in [6.07, 6.45) is 1.66. The fourth-order valence-electron chi connectivity index (χ4n) is 2.58. The normalized spacial score (nSPS) is 17.0. The number of nitrogens with zero attached hydrogens (tertiary/aromatic N) is 1.